The van der Waals surface area contributed by atoms with Gasteiger partial charge in [-0.1, -0.05) is 11.6 Å². The summed E-state index contributed by atoms with van der Waals surface area (Å²) in [6.07, 6.45) is 3.09. The Labute approximate surface area is 86.7 Å². The zero-order chi connectivity index (χ0) is 9.68. The number of aromatic nitrogens is 2. The van der Waals surface area contributed by atoms with E-state index in [1.165, 1.54) is 10.9 Å². The number of amides is 1. The van der Waals surface area contributed by atoms with E-state index in [2.05, 4.69) is 23.0 Å². The van der Waals surface area contributed by atoms with Crippen molar-refractivity contribution in [3.8, 4) is 0 Å². The molecule has 0 aromatic carbocycles. The lowest BCUT2D eigenvalue weighted by Crippen LogP contribution is -2.29. The van der Waals surface area contributed by atoms with Gasteiger partial charge in [0.05, 0.1) is 11.2 Å². The van der Waals surface area contributed by atoms with E-state index in [0.717, 1.165) is 0 Å². The fraction of sp³-hybridized carbons (Fsp3) is 0.429. The summed E-state index contributed by atoms with van der Waals surface area (Å²) in [5.41, 5.74) is 0. The van der Waals surface area contributed by atoms with E-state index in [0.29, 0.717) is 17.3 Å². The molecule has 1 heterocycles. The molecule has 1 N–H and O–H groups in total. The Morgan fingerprint density at radius 3 is 3.08 bits per heavy atom. The van der Waals surface area contributed by atoms with Crippen LogP contribution in [0.25, 0.3) is 0 Å². The lowest BCUT2D eigenvalue weighted by atomic mass is 10.5. The van der Waals surface area contributed by atoms with Gasteiger partial charge in [0.2, 0.25) is 5.91 Å². The van der Waals surface area contributed by atoms with E-state index in [-0.39, 0.29) is 12.5 Å². The molecule has 0 aliphatic carbocycles. The van der Waals surface area contributed by atoms with Gasteiger partial charge >= 0.3 is 0 Å². The Hall–Kier alpha value is -0.680. The molecular weight excluding hydrogens is 210 g/mol. The van der Waals surface area contributed by atoms with Crippen LogP contribution in [0.1, 0.15) is 0 Å². The van der Waals surface area contributed by atoms with Crippen molar-refractivity contribution >= 4 is 30.1 Å². The average molecular weight is 220 g/mol. The molecule has 0 atom stereocenters. The number of carbonyl (C=O) groups is 1. The molecule has 1 aromatic heterocycles. The van der Waals surface area contributed by atoms with Crippen LogP contribution >= 0.6 is 24.2 Å². The fourth-order valence-electron chi connectivity index (χ4n) is 0.823. The van der Waals surface area contributed by atoms with Crippen LogP contribution < -0.4 is 5.32 Å². The molecule has 72 valence electrons. The van der Waals surface area contributed by atoms with Crippen molar-refractivity contribution in [1.82, 2.24) is 15.1 Å². The minimum absolute atomic E-state index is 0.0891. The third-order valence-electron chi connectivity index (χ3n) is 1.34. The molecule has 13 heavy (non-hydrogen) atoms. The summed E-state index contributed by atoms with van der Waals surface area (Å²) < 4.78 is 1.48. The number of hydrogen-bond acceptors (Lipinski definition) is 3. The van der Waals surface area contributed by atoms with Gasteiger partial charge in [-0.25, -0.2) is 0 Å². The number of carbonyl (C=O) groups excluding carboxylic acids is 1. The first-order valence-corrected chi connectivity index (χ1v) is 4.79. The molecular formula is C7H10ClN3OS. The van der Waals surface area contributed by atoms with Gasteiger partial charge in [-0.2, -0.15) is 17.7 Å². The van der Waals surface area contributed by atoms with Crippen molar-refractivity contribution in [3.05, 3.63) is 17.4 Å². The summed E-state index contributed by atoms with van der Waals surface area (Å²) in [5.74, 6) is 0.542. The number of thiol groups is 1. The molecule has 6 heteroatoms. The van der Waals surface area contributed by atoms with E-state index in [9.17, 15) is 4.79 Å². The molecule has 0 radical (unpaired) electrons. The summed E-state index contributed by atoms with van der Waals surface area (Å²) in [6, 6.07) is 0. The molecule has 0 bridgehead atoms. The average Bonchev–Trinajstić information content (AvgIpc) is 2.48. The van der Waals surface area contributed by atoms with Crippen molar-refractivity contribution in [2.45, 2.75) is 6.54 Å². The molecule has 4 nitrogen and oxygen atoms in total. The summed E-state index contributed by atoms with van der Waals surface area (Å²) in [4.78, 5) is 11.1. The van der Waals surface area contributed by atoms with Crippen molar-refractivity contribution in [2.75, 3.05) is 12.3 Å². The van der Waals surface area contributed by atoms with Crippen LogP contribution in [0.2, 0.25) is 5.02 Å². The highest BCUT2D eigenvalue weighted by Gasteiger charge is 2.02. The first kappa shape index (κ1) is 10.4. The van der Waals surface area contributed by atoms with Gasteiger partial charge in [-0.15, -0.1) is 0 Å². The van der Waals surface area contributed by atoms with Crippen LogP contribution in [-0.4, -0.2) is 28.0 Å². The van der Waals surface area contributed by atoms with Gasteiger partial charge in [0.1, 0.15) is 6.54 Å². The highest BCUT2D eigenvalue weighted by atomic mass is 35.5. The number of rotatable bonds is 4. The lowest BCUT2D eigenvalue weighted by molar-refractivity contribution is -0.121. The standard InChI is InChI=1S/C7H10ClN3OS/c8-6-3-10-11(4-6)5-7(12)9-1-2-13/h3-4,13H,1-2,5H2,(H,9,12). The van der Waals surface area contributed by atoms with Crippen molar-refractivity contribution in [1.29, 1.82) is 0 Å². The van der Waals surface area contributed by atoms with Crippen LogP contribution in [0, 0.1) is 0 Å². The van der Waals surface area contributed by atoms with Crippen molar-refractivity contribution in [2.24, 2.45) is 0 Å². The smallest absolute Gasteiger partial charge is 0.241 e. The largest absolute Gasteiger partial charge is 0.354 e. The number of hydrogen-bond donors (Lipinski definition) is 2. The Kier molecular flexibility index (Phi) is 4.11. The van der Waals surface area contributed by atoms with E-state index in [1.54, 1.807) is 6.20 Å². The third kappa shape index (κ3) is 3.69. The van der Waals surface area contributed by atoms with E-state index < -0.39 is 0 Å². The van der Waals surface area contributed by atoms with Gasteiger partial charge in [-0.3, -0.25) is 9.48 Å². The molecule has 0 aliphatic heterocycles. The Morgan fingerprint density at radius 2 is 2.54 bits per heavy atom. The monoisotopic (exact) mass is 219 g/mol. The van der Waals surface area contributed by atoms with Gasteiger partial charge in [0, 0.05) is 18.5 Å². The summed E-state index contributed by atoms with van der Waals surface area (Å²) >= 11 is 9.59. The first-order chi connectivity index (χ1) is 6.22. The second kappa shape index (κ2) is 5.14. The van der Waals surface area contributed by atoms with Crippen LogP contribution in [0.15, 0.2) is 12.4 Å². The minimum Gasteiger partial charge on any atom is -0.354 e. The maximum atomic E-state index is 11.1. The second-order valence-electron chi connectivity index (χ2n) is 2.43. The zero-order valence-corrected chi connectivity index (χ0v) is 8.55. The zero-order valence-electron chi connectivity index (χ0n) is 6.90. The number of nitrogens with zero attached hydrogens (tertiary/aromatic N) is 2. The molecule has 1 amide bonds. The Bertz CT molecular complexity index is 289. The predicted octanol–water partition coefficient (Wildman–Crippen LogP) is 0.583. The molecule has 1 rings (SSSR count). The second-order valence-corrected chi connectivity index (χ2v) is 3.31. The quantitative estimate of drug-likeness (QED) is 0.728. The van der Waals surface area contributed by atoms with Crippen LogP contribution in [0.5, 0.6) is 0 Å². The van der Waals surface area contributed by atoms with Crippen molar-refractivity contribution < 1.29 is 4.79 Å². The Morgan fingerprint density at radius 1 is 1.77 bits per heavy atom. The molecule has 0 spiro atoms. The van der Waals surface area contributed by atoms with Crippen LogP contribution in [-0.2, 0) is 11.3 Å². The maximum Gasteiger partial charge on any atom is 0.241 e. The molecule has 1 aromatic rings. The predicted molar refractivity (Wildman–Crippen MR) is 54.1 cm³/mol. The van der Waals surface area contributed by atoms with E-state index in [1.807, 2.05) is 0 Å². The third-order valence-corrected chi connectivity index (χ3v) is 1.76. The van der Waals surface area contributed by atoms with Gasteiger partial charge in [0.25, 0.3) is 0 Å². The highest BCUT2D eigenvalue weighted by molar-refractivity contribution is 7.80. The summed E-state index contributed by atoms with van der Waals surface area (Å²) in [5, 5.41) is 7.07. The summed E-state index contributed by atoms with van der Waals surface area (Å²) in [7, 11) is 0. The van der Waals surface area contributed by atoms with Crippen LogP contribution in [0.4, 0.5) is 0 Å². The fourth-order valence-corrected chi connectivity index (χ4v) is 1.09. The van der Waals surface area contributed by atoms with Crippen LogP contribution in [0.3, 0.4) is 0 Å². The lowest BCUT2D eigenvalue weighted by Gasteiger charge is -2.02. The number of nitrogens with one attached hydrogen (secondary N) is 1. The maximum absolute atomic E-state index is 11.1. The molecule has 0 saturated carbocycles. The first-order valence-electron chi connectivity index (χ1n) is 3.78. The van der Waals surface area contributed by atoms with Gasteiger partial charge in [-0.05, 0) is 0 Å². The molecule has 0 fully saturated rings. The highest BCUT2D eigenvalue weighted by Crippen LogP contribution is 2.03. The van der Waals surface area contributed by atoms with Gasteiger partial charge in [0.15, 0.2) is 0 Å². The summed E-state index contributed by atoms with van der Waals surface area (Å²) in [6.45, 7) is 0.761. The topological polar surface area (TPSA) is 46.9 Å². The normalized spacial score (nSPS) is 10.0. The minimum atomic E-state index is -0.0891. The molecule has 0 saturated heterocycles. The molecule has 0 unspecified atom stereocenters. The van der Waals surface area contributed by atoms with E-state index >= 15 is 0 Å². The molecule has 0 aliphatic rings. The Balaban J connectivity index is 2.36. The van der Waals surface area contributed by atoms with Gasteiger partial charge < -0.3 is 5.32 Å². The SMILES string of the molecule is O=C(Cn1cc(Cl)cn1)NCCS. The van der Waals surface area contributed by atoms with E-state index in [4.69, 9.17) is 11.6 Å². The number of halogens is 1. The van der Waals surface area contributed by atoms with Crippen molar-refractivity contribution in [3.63, 3.8) is 0 Å².